The summed E-state index contributed by atoms with van der Waals surface area (Å²) in [5, 5.41) is 11.3. The first-order chi connectivity index (χ1) is 9.40. The lowest BCUT2D eigenvalue weighted by Crippen LogP contribution is -2.48. The summed E-state index contributed by atoms with van der Waals surface area (Å²) >= 11 is 5.75. The first-order valence-corrected chi connectivity index (χ1v) is 6.76. The fourth-order valence-electron chi connectivity index (χ4n) is 2.36. The van der Waals surface area contributed by atoms with E-state index in [2.05, 4.69) is 0 Å². The van der Waals surface area contributed by atoms with Gasteiger partial charge in [-0.2, -0.15) is 0 Å². The van der Waals surface area contributed by atoms with Gasteiger partial charge in [-0.3, -0.25) is 14.9 Å². The molecule has 2 rings (SSSR count). The van der Waals surface area contributed by atoms with Crippen LogP contribution in [0.3, 0.4) is 0 Å². The summed E-state index contributed by atoms with van der Waals surface area (Å²) in [5.74, 6) is -0.161. The van der Waals surface area contributed by atoms with E-state index in [1.165, 1.54) is 18.2 Å². The molecule has 2 atom stereocenters. The zero-order valence-corrected chi connectivity index (χ0v) is 11.8. The predicted octanol–water partition coefficient (Wildman–Crippen LogP) is 2.06. The summed E-state index contributed by atoms with van der Waals surface area (Å²) in [5.41, 5.74) is 5.73. The van der Waals surface area contributed by atoms with E-state index in [9.17, 15) is 14.9 Å². The Bertz CT molecular complexity index is 550. The molecule has 2 N–H and O–H groups in total. The Morgan fingerprint density at radius 2 is 2.25 bits per heavy atom. The van der Waals surface area contributed by atoms with Gasteiger partial charge in [0, 0.05) is 30.2 Å². The summed E-state index contributed by atoms with van der Waals surface area (Å²) < 4.78 is 0. The Labute approximate surface area is 121 Å². The smallest absolute Gasteiger partial charge is 0.283 e. The van der Waals surface area contributed by atoms with E-state index >= 15 is 0 Å². The lowest BCUT2D eigenvalue weighted by molar-refractivity contribution is -0.385. The minimum Gasteiger partial charge on any atom is -0.338 e. The van der Waals surface area contributed by atoms with Crippen LogP contribution in [0.25, 0.3) is 0 Å². The van der Waals surface area contributed by atoms with Gasteiger partial charge in [0.05, 0.1) is 4.92 Å². The fourth-order valence-corrected chi connectivity index (χ4v) is 2.52. The van der Waals surface area contributed by atoms with E-state index in [0.29, 0.717) is 19.5 Å². The summed E-state index contributed by atoms with van der Waals surface area (Å²) in [6.45, 7) is 3.00. The van der Waals surface area contributed by atoms with Gasteiger partial charge in [0.15, 0.2) is 0 Å². The molecule has 1 aromatic rings. The molecular formula is C13H16ClN3O3. The molecule has 1 fully saturated rings. The van der Waals surface area contributed by atoms with Crippen molar-refractivity contribution in [2.45, 2.75) is 19.4 Å². The molecule has 0 spiro atoms. The third kappa shape index (κ3) is 2.91. The number of rotatable bonds is 2. The Hall–Kier alpha value is -1.66. The maximum Gasteiger partial charge on any atom is 0.283 e. The number of nitro groups is 1. The number of nitro benzene ring substituents is 1. The number of nitrogens with two attached hydrogens (primary N) is 1. The van der Waals surface area contributed by atoms with Gasteiger partial charge in [0.25, 0.3) is 11.6 Å². The molecule has 108 valence electrons. The number of likely N-dealkylation sites (tertiary alicyclic amines) is 1. The maximum atomic E-state index is 12.4. The Morgan fingerprint density at radius 1 is 1.55 bits per heavy atom. The van der Waals surface area contributed by atoms with Crippen LogP contribution in [0, 0.1) is 16.0 Å². The van der Waals surface area contributed by atoms with E-state index < -0.39 is 4.92 Å². The number of nitrogens with zero attached hydrogens (tertiary/aromatic N) is 2. The van der Waals surface area contributed by atoms with E-state index in [1.54, 1.807) is 4.90 Å². The highest BCUT2D eigenvalue weighted by molar-refractivity contribution is 6.31. The number of halogens is 1. The monoisotopic (exact) mass is 297 g/mol. The van der Waals surface area contributed by atoms with Gasteiger partial charge in [0.2, 0.25) is 0 Å². The summed E-state index contributed by atoms with van der Waals surface area (Å²) in [6, 6.07) is 4.16. The number of piperidine rings is 1. The zero-order chi connectivity index (χ0) is 14.9. The first-order valence-electron chi connectivity index (χ1n) is 6.39. The minimum absolute atomic E-state index is 0.0688. The highest BCUT2D eigenvalue weighted by atomic mass is 35.5. The Balaban J connectivity index is 2.27. The van der Waals surface area contributed by atoms with Gasteiger partial charge in [-0.25, -0.2) is 0 Å². The molecule has 1 saturated heterocycles. The number of amides is 1. The normalized spacial score (nSPS) is 22.6. The molecular weight excluding hydrogens is 282 g/mol. The third-order valence-electron chi connectivity index (χ3n) is 3.65. The molecule has 0 aliphatic carbocycles. The molecule has 1 aliphatic heterocycles. The van der Waals surface area contributed by atoms with Crippen molar-refractivity contribution in [1.29, 1.82) is 0 Å². The Kier molecular flexibility index (Phi) is 4.25. The van der Waals surface area contributed by atoms with E-state index in [0.717, 1.165) is 0 Å². The Morgan fingerprint density at radius 3 is 2.85 bits per heavy atom. The SMILES string of the molecule is CC1CN(C(=O)c2ccc(Cl)cc2[N+](=O)[O-])CCC1N. The summed E-state index contributed by atoms with van der Waals surface area (Å²) in [4.78, 5) is 24.5. The molecule has 7 heteroatoms. The zero-order valence-electron chi connectivity index (χ0n) is 11.1. The van der Waals surface area contributed by atoms with Gasteiger partial charge in [-0.1, -0.05) is 18.5 Å². The van der Waals surface area contributed by atoms with Crippen LogP contribution in [0.4, 0.5) is 5.69 Å². The third-order valence-corrected chi connectivity index (χ3v) is 3.88. The van der Waals surface area contributed by atoms with Crippen molar-refractivity contribution in [2.75, 3.05) is 13.1 Å². The molecule has 0 bridgehead atoms. The largest absolute Gasteiger partial charge is 0.338 e. The second-order valence-electron chi connectivity index (χ2n) is 5.10. The highest BCUT2D eigenvalue weighted by Crippen LogP contribution is 2.26. The quantitative estimate of drug-likeness (QED) is 0.668. The molecule has 1 aliphatic rings. The van der Waals surface area contributed by atoms with E-state index in [-0.39, 0.29) is 34.1 Å². The topological polar surface area (TPSA) is 89.5 Å². The summed E-state index contributed by atoms with van der Waals surface area (Å²) in [6.07, 6.45) is 0.703. The van der Waals surface area contributed by atoms with Crippen LogP contribution in [0.15, 0.2) is 18.2 Å². The lowest BCUT2D eigenvalue weighted by atomic mass is 9.94. The van der Waals surface area contributed by atoms with Crippen LogP contribution in [0.2, 0.25) is 5.02 Å². The van der Waals surface area contributed by atoms with E-state index in [4.69, 9.17) is 17.3 Å². The first kappa shape index (κ1) is 14.7. The minimum atomic E-state index is -0.585. The van der Waals surface area contributed by atoms with Crippen molar-refractivity contribution in [3.8, 4) is 0 Å². The van der Waals surface area contributed by atoms with E-state index in [1.807, 2.05) is 6.92 Å². The van der Waals surface area contributed by atoms with Crippen molar-refractivity contribution in [2.24, 2.45) is 11.7 Å². The molecule has 1 aromatic carbocycles. The molecule has 20 heavy (non-hydrogen) atoms. The molecule has 0 radical (unpaired) electrons. The van der Waals surface area contributed by atoms with Crippen molar-refractivity contribution in [3.05, 3.63) is 38.9 Å². The van der Waals surface area contributed by atoms with Crippen LogP contribution in [0.5, 0.6) is 0 Å². The maximum absolute atomic E-state index is 12.4. The van der Waals surface area contributed by atoms with Crippen molar-refractivity contribution >= 4 is 23.2 Å². The van der Waals surface area contributed by atoms with Crippen LogP contribution < -0.4 is 5.73 Å². The van der Waals surface area contributed by atoms with Crippen LogP contribution in [-0.4, -0.2) is 34.9 Å². The van der Waals surface area contributed by atoms with Crippen molar-refractivity contribution in [3.63, 3.8) is 0 Å². The molecule has 6 nitrogen and oxygen atoms in total. The number of hydrogen-bond acceptors (Lipinski definition) is 4. The van der Waals surface area contributed by atoms with Gasteiger partial charge >= 0.3 is 0 Å². The number of carbonyl (C=O) groups excluding carboxylic acids is 1. The van der Waals surface area contributed by atoms with Crippen LogP contribution >= 0.6 is 11.6 Å². The van der Waals surface area contributed by atoms with Gasteiger partial charge in [-0.05, 0) is 24.5 Å². The molecule has 0 aromatic heterocycles. The lowest BCUT2D eigenvalue weighted by Gasteiger charge is -2.35. The van der Waals surface area contributed by atoms with Gasteiger partial charge in [0.1, 0.15) is 5.56 Å². The van der Waals surface area contributed by atoms with Gasteiger partial charge < -0.3 is 10.6 Å². The average molecular weight is 298 g/mol. The number of benzene rings is 1. The van der Waals surface area contributed by atoms with Crippen LogP contribution in [0.1, 0.15) is 23.7 Å². The molecule has 2 unspecified atom stereocenters. The van der Waals surface area contributed by atoms with Crippen molar-refractivity contribution in [1.82, 2.24) is 4.90 Å². The fraction of sp³-hybridized carbons (Fsp3) is 0.462. The summed E-state index contributed by atoms with van der Waals surface area (Å²) in [7, 11) is 0. The number of hydrogen-bond donors (Lipinski definition) is 1. The number of carbonyl (C=O) groups is 1. The van der Waals surface area contributed by atoms with Crippen LogP contribution in [-0.2, 0) is 0 Å². The predicted molar refractivity (Wildman–Crippen MR) is 75.8 cm³/mol. The highest BCUT2D eigenvalue weighted by Gasteiger charge is 2.30. The second kappa shape index (κ2) is 5.76. The second-order valence-corrected chi connectivity index (χ2v) is 5.54. The molecule has 1 amide bonds. The van der Waals surface area contributed by atoms with Gasteiger partial charge in [-0.15, -0.1) is 0 Å². The molecule has 1 heterocycles. The standard InChI is InChI=1S/C13H16ClN3O3/c1-8-7-16(5-4-11(8)15)13(18)10-3-2-9(14)6-12(10)17(19)20/h2-3,6,8,11H,4-5,7,15H2,1H3. The van der Waals surface area contributed by atoms with Crippen molar-refractivity contribution < 1.29 is 9.72 Å². The molecule has 0 saturated carbocycles. The average Bonchev–Trinajstić information content (AvgIpc) is 2.41.